The van der Waals surface area contributed by atoms with Crippen LogP contribution in [0.2, 0.25) is 0 Å². The van der Waals surface area contributed by atoms with E-state index in [9.17, 15) is 5.11 Å². The summed E-state index contributed by atoms with van der Waals surface area (Å²) in [4.78, 5) is 0. The van der Waals surface area contributed by atoms with Gasteiger partial charge in [0.15, 0.2) is 0 Å². The molecule has 0 aliphatic heterocycles. The van der Waals surface area contributed by atoms with Crippen molar-refractivity contribution in [2.24, 2.45) is 0 Å². The molecule has 0 bridgehead atoms. The molecule has 1 nitrogen and oxygen atoms in total. The largest absolute Gasteiger partial charge is 0.507 e. The maximum absolute atomic E-state index is 10.7. The highest BCUT2D eigenvalue weighted by molar-refractivity contribution is 6.27. The molecule has 0 fully saturated rings. The number of phenols is 1. The molecule has 0 saturated heterocycles. The minimum atomic E-state index is -0.331. The maximum atomic E-state index is 10.7. The zero-order valence-electron chi connectivity index (χ0n) is 22.6. The second-order valence-electron chi connectivity index (χ2n) is 11.6. The maximum Gasteiger partial charge on any atom is 0.123 e. The Morgan fingerprint density at radius 2 is 1.00 bits per heavy atom. The van der Waals surface area contributed by atoms with Crippen LogP contribution < -0.4 is 0 Å². The standard InChI is InChI=1S/C40H26O/c1-40(35-16-7-5-13-29(35)33-21-25-9-2-3-10-26(25)23-36(33)40)34-15-6-4-12-28(34)32-22-27-18-20-37(41)31-19-17-24-11-8-14-30(32)38(24)39(27)31/h2-23,41H,1H3. The van der Waals surface area contributed by atoms with Gasteiger partial charge >= 0.3 is 0 Å². The molecule has 0 saturated carbocycles. The van der Waals surface area contributed by atoms with Gasteiger partial charge in [0.1, 0.15) is 5.75 Å². The van der Waals surface area contributed by atoms with Crippen molar-refractivity contribution in [2.75, 3.05) is 0 Å². The van der Waals surface area contributed by atoms with Crippen LogP contribution >= 0.6 is 0 Å². The molecule has 0 heterocycles. The summed E-state index contributed by atoms with van der Waals surface area (Å²) in [7, 11) is 0. The lowest BCUT2D eigenvalue weighted by molar-refractivity contribution is 0.482. The van der Waals surface area contributed by atoms with Gasteiger partial charge in [-0.3, -0.25) is 0 Å². The summed E-state index contributed by atoms with van der Waals surface area (Å²) in [6, 6.07) is 48.3. The Kier molecular flexibility index (Phi) is 4.40. The predicted molar refractivity (Wildman–Crippen MR) is 172 cm³/mol. The summed E-state index contributed by atoms with van der Waals surface area (Å²) in [6.45, 7) is 2.40. The Labute approximate surface area is 238 Å². The van der Waals surface area contributed by atoms with Gasteiger partial charge < -0.3 is 5.11 Å². The van der Waals surface area contributed by atoms with Gasteiger partial charge in [0.25, 0.3) is 0 Å². The number of phenolic OH excluding ortho intramolecular Hbond substituents is 1. The third kappa shape index (κ3) is 2.90. The van der Waals surface area contributed by atoms with Crippen molar-refractivity contribution in [3.63, 3.8) is 0 Å². The van der Waals surface area contributed by atoms with Gasteiger partial charge in [-0.15, -0.1) is 0 Å². The van der Waals surface area contributed by atoms with E-state index < -0.39 is 0 Å². The quantitative estimate of drug-likeness (QED) is 0.224. The van der Waals surface area contributed by atoms with Crippen LogP contribution in [0.4, 0.5) is 0 Å². The third-order valence-electron chi connectivity index (χ3n) is 9.56. The number of fused-ring (bicyclic) bond motifs is 4. The molecule has 0 spiro atoms. The predicted octanol–water partition coefficient (Wildman–Crippen LogP) is 10.4. The normalized spacial score (nSPS) is 16.1. The van der Waals surface area contributed by atoms with Crippen molar-refractivity contribution >= 4 is 43.1 Å². The first kappa shape index (κ1) is 22.7. The average molecular weight is 523 g/mol. The van der Waals surface area contributed by atoms with Gasteiger partial charge in [0.2, 0.25) is 0 Å². The van der Waals surface area contributed by atoms with Crippen molar-refractivity contribution in [3.8, 4) is 28.0 Å². The molecule has 41 heavy (non-hydrogen) atoms. The van der Waals surface area contributed by atoms with Crippen LogP contribution in [0.15, 0.2) is 133 Å². The molecule has 8 aromatic rings. The van der Waals surface area contributed by atoms with E-state index in [0.717, 1.165) is 16.2 Å². The summed E-state index contributed by atoms with van der Waals surface area (Å²) < 4.78 is 0. The Bertz CT molecular complexity index is 2340. The first-order valence-electron chi connectivity index (χ1n) is 14.3. The topological polar surface area (TPSA) is 20.2 Å². The zero-order chi connectivity index (χ0) is 27.3. The fraction of sp³-hybridized carbons (Fsp3) is 0.0500. The summed E-state index contributed by atoms with van der Waals surface area (Å²) >= 11 is 0. The summed E-state index contributed by atoms with van der Waals surface area (Å²) in [5.74, 6) is 0.330. The number of hydrogen-bond donors (Lipinski definition) is 1. The SMILES string of the molecule is CC1(c2ccccc2-c2cc3ccc(O)c4ccc5cccc2c5c34)c2ccccc2-c2cc3ccccc3cc21. The molecule has 0 radical (unpaired) electrons. The van der Waals surface area contributed by atoms with Crippen LogP contribution in [-0.4, -0.2) is 5.11 Å². The highest BCUT2D eigenvalue weighted by atomic mass is 16.3. The van der Waals surface area contributed by atoms with E-state index in [2.05, 4.69) is 128 Å². The van der Waals surface area contributed by atoms with E-state index in [4.69, 9.17) is 0 Å². The smallest absolute Gasteiger partial charge is 0.123 e. The van der Waals surface area contributed by atoms with Crippen molar-refractivity contribution in [2.45, 2.75) is 12.3 Å². The molecule has 1 heteroatoms. The van der Waals surface area contributed by atoms with Gasteiger partial charge in [-0.05, 0) is 102 Å². The van der Waals surface area contributed by atoms with E-state index in [1.165, 1.54) is 65.9 Å². The lowest BCUT2D eigenvalue weighted by Crippen LogP contribution is -2.23. The zero-order valence-corrected chi connectivity index (χ0v) is 22.6. The van der Waals surface area contributed by atoms with Gasteiger partial charge in [-0.1, -0.05) is 109 Å². The molecule has 192 valence electrons. The lowest BCUT2D eigenvalue weighted by Gasteiger charge is -2.31. The molecule has 8 aromatic carbocycles. The molecule has 0 aromatic heterocycles. The average Bonchev–Trinajstić information content (AvgIpc) is 3.27. The minimum absolute atomic E-state index is 0.330. The van der Waals surface area contributed by atoms with Crippen molar-refractivity contribution in [3.05, 3.63) is 150 Å². The van der Waals surface area contributed by atoms with E-state index >= 15 is 0 Å². The Morgan fingerprint density at radius 1 is 0.415 bits per heavy atom. The van der Waals surface area contributed by atoms with Crippen molar-refractivity contribution in [1.82, 2.24) is 0 Å². The lowest BCUT2D eigenvalue weighted by atomic mass is 9.71. The number of aromatic hydroxyl groups is 1. The van der Waals surface area contributed by atoms with Gasteiger partial charge in [0.05, 0.1) is 0 Å². The van der Waals surface area contributed by atoms with E-state index in [0.29, 0.717) is 5.75 Å². The fourth-order valence-corrected chi connectivity index (χ4v) is 7.66. The molecular formula is C40H26O. The van der Waals surface area contributed by atoms with Crippen LogP contribution in [0.25, 0.3) is 65.3 Å². The number of hydrogen-bond acceptors (Lipinski definition) is 1. The molecule has 9 rings (SSSR count). The van der Waals surface area contributed by atoms with E-state index in [-0.39, 0.29) is 5.41 Å². The monoisotopic (exact) mass is 522 g/mol. The van der Waals surface area contributed by atoms with E-state index in [1.807, 2.05) is 12.1 Å². The molecule has 1 aliphatic carbocycles. The van der Waals surface area contributed by atoms with Crippen LogP contribution in [0.5, 0.6) is 5.75 Å². The second-order valence-corrected chi connectivity index (χ2v) is 11.6. The summed E-state index contributed by atoms with van der Waals surface area (Å²) in [6.07, 6.45) is 0. The van der Waals surface area contributed by atoms with Gasteiger partial charge in [0, 0.05) is 16.2 Å². The van der Waals surface area contributed by atoms with Crippen molar-refractivity contribution < 1.29 is 5.11 Å². The highest BCUT2D eigenvalue weighted by Gasteiger charge is 2.42. The molecule has 1 unspecified atom stereocenters. The number of rotatable bonds is 2. The highest BCUT2D eigenvalue weighted by Crippen LogP contribution is 2.55. The van der Waals surface area contributed by atoms with Crippen LogP contribution in [0.1, 0.15) is 23.6 Å². The first-order valence-corrected chi connectivity index (χ1v) is 14.3. The van der Waals surface area contributed by atoms with Gasteiger partial charge in [-0.2, -0.15) is 0 Å². The van der Waals surface area contributed by atoms with E-state index in [1.54, 1.807) is 0 Å². The minimum Gasteiger partial charge on any atom is -0.507 e. The molecule has 1 N–H and O–H groups in total. The molecule has 0 amide bonds. The Balaban J connectivity index is 1.40. The number of benzene rings is 8. The van der Waals surface area contributed by atoms with Gasteiger partial charge in [-0.25, -0.2) is 0 Å². The molecule has 1 aliphatic rings. The van der Waals surface area contributed by atoms with Crippen LogP contribution in [0, 0.1) is 0 Å². The molecule has 1 atom stereocenters. The summed E-state index contributed by atoms with van der Waals surface area (Å²) in [5, 5.41) is 20.1. The summed E-state index contributed by atoms with van der Waals surface area (Å²) in [5.41, 5.74) is 8.78. The van der Waals surface area contributed by atoms with Crippen LogP contribution in [-0.2, 0) is 5.41 Å². The van der Waals surface area contributed by atoms with Crippen molar-refractivity contribution in [1.29, 1.82) is 0 Å². The Morgan fingerprint density at radius 3 is 1.78 bits per heavy atom. The second kappa shape index (κ2) is 7.96. The fourth-order valence-electron chi connectivity index (χ4n) is 7.66. The third-order valence-corrected chi connectivity index (χ3v) is 9.56. The first-order chi connectivity index (χ1) is 20.1. The Hall–Kier alpha value is -5.14. The molecular weight excluding hydrogens is 496 g/mol. The van der Waals surface area contributed by atoms with Crippen LogP contribution in [0.3, 0.4) is 0 Å².